The number of aromatic amines is 1. The normalized spacial score (nSPS) is 15.8. The largest absolute Gasteiger partial charge is 0.469 e. The number of carbonyl (C=O) groups is 1. The fourth-order valence-corrected chi connectivity index (χ4v) is 3.13. The first kappa shape index (κ1) is 14.9. The molecular weight excluding hydrogens is 278 g/mol. The van der Waals surface area contributed by atoms with Crippen LogP contribution in [0.3, 0.4) is 0 Å². The molecule has 3 rings (SSSR count). The van der Waals surface area contributed by atoms with Crippen LogP contribution in [0.1, 0.15) is 50.0 Å². The van der Waals surface area contributed by atoms with E-state index < -0.39 is 0 Å². The van der Waals surface area contributed by atoms with Gasteiger partial charge in [-0.2, -0.15) is 5.10 Å². The minimum atomic E-state index is -0.0351. The van der Waals surface area contributed by atoms with Gasteiger partial charge in [-0.3, -0.25) is 9.89 Å². The number of aromatic nitrogens is 2. The highest BCUT2D eigenvalue weighted by molar-refractivity contribution is 5.89. The average molecular weight is 301 g/mol. The van der Waals surface area contributed by atoms with E-state index in [0.717, 1.165) is 23.8 Å². The van der Waals surface area contributed by atoms with Crippen molar-refractivity contribution < 1.29 is 9.21 Å². The Labute approximate surface area is 130 Å². The second-order valence-corrected chi connectivity index (χ2v) is 6.11. The van der Waals surface area contributed by atoms with Crippen LogP contribution in [-0.2, 0) is 17.6 Å². The summed E-state index contributed by atoms with van der Waals surface area (Å²) in [5.41, 5.74) is 1.12. The van der Waals surface area contributed by atoms with Crippen LogP contribution < -0.4 is 5.32 Å². The Morgan fingerprint density at radius 1 is 1.36 bits per heavy atom. The fourth-order valence-electron chi connectivity index (χ4n) is 3.13. The monoisotopic (exact) mass is 301 g/mol. The van der Waals surface area contributed by atoms with E-state index >= 15 is 0 Å². The molecule has 0 unspecified atom stereocenters. The van der Waals surface area contributed by atoms with E-state index in [9.17, 15) is 4.79 Å². The lowest BCUT2D eigenvalue weighted by atomic mass is 9.86. The number of hydrogen-bond acceptors (Lipinski definition) is 3. The highest BCUT2D eigenvalue weighted by Gasteiger charge is 2.15. The minimum absolute atomic E-state index is 0.0351. The van der Waals surface area contributed by atoms with Crippen molar-refractivity contribution in [2.45, 2.75) is 51.4 Å². The maximum Gasteiger partial charge on any atom is 0.226 e. The predicted octanol–water partition coefficient (Wildman–Crippen LogP) is 3.70. The van der Waals surface area contributed by atoms with Gasteiger partial charge >= 0.3 is 0 Å². The van der Waals surface area contributed by atoms with E-state index in [1.807, 2.05) is 18.2 Å². The summed E-state index contributed by atoms with van der Waals surface area (Å²) in [5.74, 6) is 2.18. The summed E-state index contributed by atoms with van der Waals surface area (Å²) in [4.78, 5) is 11.9. The van der Waals surface area contributed by atoms with Gasteiger partial charge in [0, 0.05) is 24.6 Å². The average Bonchev–Trinajstić information content (AvgIpc) is 3.18. The van der Waals surface area contributed by atoms with Gasteiger partial charge < -0.3 is 9.73 Å². The molecule has 1 saturated carbocycles. The second kappa shape index (κ2) is 7.29. The molecule has 1 aliphatic rings. The summed E-state index contributed by atoms with van der Waals surface area (Å²) in [6.07, 6.45) is 10.3. The summed E-state index contributed by atoms with van der Waals surface area (Å²) in [6.45, 7) is 0. The smallest absolute Gasteiger partial charge is 0.226 e. The zero-order valence-electron chi connectivity index (χ0n) is 12.8. The predicted molar refractivity (Wildman–Crippen MR) is 84.5 cm³/mol. The van der Waals surface area contributed by atoms with Gasteiger partial charge in [0.1, 0.15) is 5.76 Å². The summed E-state index contributed by atoms with van der Waals surface area (Å²) >= 11 is 0. The molecule has 5 nitrogen and oxygen atoms in total. The van der Waals surface area contributed by atoms with E-state index in [-0.39, 0.29) is 5.91 Å². The maximum atomic E-state index is 11.9. The highest BCUT2D eigenvalue weighted by Crippen LogP contribution is 2.26. The van der Waals surface area contributed by atoms with Crippen molar-refractivity contribution in [3.05, 3.63) is 35.9 Å². The fraction of sp³-hybridized carbons (Fsp3) is 0.529. The molecule has 1 fully saturated rings. The summed E-state index contributed by atoms with van der Waals surface area (Å²) in [6, 6.07) is 5.67. The standard InChI is InChI=1S/C17H23N3O2/c21-17(9-8-15-7-4-10-22-15)18-16-12-14(19-20-16)11-13-5-2-1-3-6-13/h4,7,10,12-13H,1-3,5-6,8-9,11H2,(H2,18,19,20,21). The van der Waals surface area contributed by atoms with Crippen molar-refractivity contribution in [3.8, 4) is 0 Å². The zero-order chi connectivity index (χ0) is 15.2. The summed E-state index contributed by atoms with van der Waals surface area (Å²) in [5, 5.41) is 10.1. The molecule has 0 atom stereocenters. The van der Waals surface area contributed by atoms with E-state index in [0.29, 0.717) is 18.7 Å². The number of furan rings is 1. The SMILES string of the molecule is O=C(CCc1ccco1)Nc1cc(CC2CCCCC2)[nH]n1. The van der Waals surface area contributed by atoms with Gasteiger partial charge in [0.05, 0.1) is 6.26 Å². The molecule has 2 N–H and O–H groups in total. The van der Waals surface area contributed by atoms with Crippen molar-refractivity contribution in [3.63, 3.8) is 0 Å². The van der Waals surface area contributed by atoms with Crippen molar-refractivity contribution in [2.24, 2.45) is 5.92 Å². The first-order valence-corrected chi connectivity index (χ1v) is 8.16. The molecule has 5 heteroatoms. The van der Waals surface area contributed by atoms with Crippen LogP contribution in [0.4, 0.5) is 5.82 Å². The first-order chi connectivity index (χ1) is 10.8. The molecule has 0 bridgehead atoms. The number of nitrogens with one attached hydrogen (secondary N) is 2. The molecule has 1 amide bonds. The maximum absolute atomic E-state index is 11.9. The van der Waals surface area contributed by atoms with Crippen LogP contribution in [0.2, 0.25) is 0 Å². The Morgan fingerprint density at radius 3 is 3.00 bits per heavy atom. The molecule has 0 saturated heterocycles. The minimum Gasteiger partial charge on any atom is -0.469 e. The number of anilines is 1. The number of hydrogen-bond donors (Lipinski definition) is 2. The Morgan fingerprint density at radius 2 is 2.23 bits per heavy atom. The van der Waals surface area contributed by atoms with Crippen molar-refractivity contribution in [1.29, 1.82) is 0 Å². The zero-order valence-corrected chi connectivity index (χ0v) is 12.8. The lowest BCUT2D eigenvalue weighted by Gasteiger charge is -2.20. The molecular formula is C17H23N3O2. The molecule has 0 radical (unpaired) electrons. The van der Waals surface area contributed by atoms with E-state index in [2.05, 4.69) is 15.5 Å². The van der Waals surface area contributed by atoms with Gasteiger partial charge in [-0.15, -0.1) is 0 Å². The van der Waals surface area contributed by atoms with Crippen LogP contribution in [0, 0.1) is 5.92 Å². The Kier molecular flexibility index (Phi) is 4.93. The molecule has 0 aromatic carbocycles. The second-order valence-electron chi connectivity index (χ2n) is 6.11. The lowest BCUT2D eigenvalue weighted by molar-refractivity contribution is -0.116. The van der Waals surface area contributed by atoms with Gasteiger partial charge in [0.25, 0.3) is 0 Å². The van der Waals surface area contributed by atoms with Crippen LogP contribution in [0.15, 0.2) is 28.9 Å². The number of amides is 1. The molecule has 118 valence electrons. The van der Waals surface area contributed by atoms with Crippen molar-refractivity contribution >= 4 is 11.7 Å². The van der Waals surface area contributed by atoms with Crippen LogP contribution in [-0.4, -0.2) is 16.1 Å². The van der Waals surface area contributed by atoms with Crippen molar-refractivity contribution in [1.82, 2.24) is 10.2 Å². The van der Waals surface area contributed by atoms with Crippen LogP contribution >= 0.6 is 0 Å². The quantitative estimate of drug-likeness (QED) is 0.854. The van der Waals surface area contributed by atoms with E-state index in [1.54, 1.807) is 6.26 Å². The third-order valence-electron chi connectivity index (χ3n) is 4.31. The van der Waals surface area contributed by atoms with Gasteiger partial charge in [0.15, 0.2) is 5.82 Å². The Hall–Kier alpha value is -2.04. The summed E-state index contributed by atoms with van der Waals surface area (Å²) < 4.78 is 5.22. The third kappa shape index (κ3) is 4.23. The van der Waals surface area contributed by atoms with Crippen molar-refractivity contribution in [2.75, 3.05) is 5.32 Å². The molecule has 2 aromatic rings. The number of aryl methyl sites for hydroxylation is 1. The van der Waals surface area contributed by atoms with Gasteiger partial charge in [-0.25, -0.2) is 0 Å². The van der Waals surface area contributed by atoms with Crippen LogP contribution in [0.5, 0.6) is 0 Å². The molecule has 0 aliphatic heterocycles. The summed E-state index contributed by atoms with van der Waals surface area (Å²) in [7, 11) is 0. The third-order valence-corrected chi connectivity index (χ3v) is 4.31. The Balaban J connectivity index is 1.45. The highest BCUT2D eigenvalue weighted by atomic mass is 16.3. The Bertz CT molecular complexity index is 583. The first-order valence-electron chi connectivity index (χ1n) is 8.16. The molecule has 2 aromatic heterocycles. The molecule has 2 heterocycles. The number of nitrogens with zero attached hydrogens (tertiary/aromatic N) is 1. The van der Waals surface area contributed by atoms with Gasteiger partial charge in [0.2, 0.25) is 5.91 Å². The van der Waals surface area contributed by atoms with E-state index in [1.165, 1.54) is 32.1 Å². The molecule has 22 heavy (non-hydrogen) atoms. The number of rotatable bonds is 6. The van der Waals surface area contributed by atoms with Gasteiger partial charge in [-0.05, 0) is 24.5 Å². The topological polar surface area (TPSA) is 70.9 Å². The van der Waals surface area contributed by atoms with Crippen LogP contribution in [0.25, 0.3) is 0 Å². The number of carbonyl (C=O) groups excluding carboxylic acids is 1. The molecule has 1 aliphatic carbocycles. The van der Waals surface area contributed by atoms with E-state index in [4.69, 9.17) is 4.42 Å². The number of H-pyrrole nitrogens is 1. The molecule has 0 spiro atoms. The van der Waals surface area contributed by atoms with Gasteiger partial charge in [-0.1, -0.05) is 32.1 Å². The lowest BCUT2D eigenvalue weighted by Crippen LogP contribution is -2.12.